The summed E-state index contributed by atoms with van der Waals surface area (Å²) < 4.78 is 11.4. The van der Waals surface area contributed by atoms with Gasteiger partial charge in [0.1, 0.15) is 6.61 Å². The molecule has 0 saturated carbocycles. The van der Waals surface area contributed by atoms with E-state index in [-0.39, 0.29) is 24.3 Å². The van der Waals surface area contributed by atoms with Gasteiger partial charge in [-0.2, -0.15) is 0 Å². The number of hydrogen-bond donors (Lipinski definition) is 1. The maximum absolute atomic E-state index is 12.8. The number of para-hydroxylation sites is 1. The molecule has 7 heteroatoms. The first-order valence-corrected chi connectivity index (χ1v) is 10.6. The fraction of sp³-hybridized carbons (Fsp3) is 0.391. The summed E-state index contributed by atoms with van der Waals surface area (Å²) >= 11 is 6.33. The summed E-state index contributed by atoms with van der Waals surface area (Å²) in [6.45, 7) is 7.81. The van der Waals surface area contributed by atoms with Crippen molar-refractivity contribution < 1.29 is 19.1 Å². The first-order valence-electron chi connectivity index (χ1n) is 10.3. The minimum Gasteiger partial charge on any atom is -0.490 e. The molecule has 2 aromatic carbocycles. The van der Waals surface area contributed by atoms with Gasteiger partial charge in [0.25, 0.3) is 5.91 Å². The number of carbonyl (C=O) groups excluding carboxylic acids is 2. The molecule has 1 N–H and O–H groups in total. The first-order chi connectivity index (χ1) is 14.5. The zero-order valence-corrected chi connectivity index (χ0v) is 18.3. The maximum Gasteiger partial charge on any atom is 0.255 e. The third-order valence-corrected chi connectivity index (χ3v) is 5.46. The number of amides is 2. The second-order valence-electron chi connectivity index (χ2n) is 7.05. The number of nitrogens with one attached hydrogen (secondary N) is 1. The molecular formula is C23H27ClN2O4. The molecule has 0 aliphatic carbocycles. The zero-order chi connectivity index (χ0) is 21.7. The third-order valence-electron chi connectivity index (χ3n) is 5.14. The SMILES string of the molecule is CCOc1cccc2c1OCC(C(=O)Nc1ccc(C(=O)N(CC)CC)c(Cl)c1)C2. The Morgan fingerprint density at radius 2 is 1.97 bits per heavy atom. The fourth-order valence-corrected chi connectivity index (χ4v) is 3.78. The van der Waals surface area contributed by atoms with Gasteiger partial charge in [0.05, 0.1) is 23.1 Å². The molecular weight excluding hydrogens is 404 g/mol. The minimum absolute atomic E-state index is 0.120. The van der Waals surface area contributed by atoms with Crippen LogP contribution in [0.5, 0.6) is 11.5 Å². The van der Waals surface area contributed by atoms with E-state index in [0.29, 0.717) is 53.9 Å². The lowest BCUT2D eigenvalue weighted by molar-refractivity contribution is -0.121. The lowest BCUT2D eigenvalue weighted by atomic mass is 9.95. The van der Waals surface area contributed by atoms with Gasteiger partial charge in [0, 0.05) is 18.8 Å². The van der Waals surface area contributed by atoms with E-state index in [4.69, 9.17) is 21.1 Å². The lowest BCUT2D eigenvalue weighted by Gasteiger charge is -2.26. The Bertz CT molecular complexity index is 927. The molecule has 0 spiro atoms. The van der Waals surface area contributed by atoms with E-state index in [2.05, 4.69) is 5.32 Å². The molecule has 2 amide bonds. The molecule has 1 heterocycles. The van der Waals surface area contributed by atoms with Gasteiger partial charge >= 0.3 is 0 Å². The Morgan fingerprint density at radius 3 is 2.63 bits per heavy atom. The molecule has 6 nitrogen and oxygen atoms in total. The molecule has 0 bridgehead atoms. The molecule has 1 unspecified atom stereocenters. The van der Waals surface area contributed by atoms with Gasteiger partial charge in [-0.3, -0.25) is 9.59 Å². The van der Waals surface area contributed by atoms with Crippen LogP contribution < -0.4 is 14.8 Å². The van der Waals surface area contributed by atoms with Crippen molar-refractivity contribution in [3.05, 3.63) is 52.5 Å². The van der Waals surface area contributed by atoms with Crippen LogP contribution in [0.2, 0.25) is 5.02 Å². The summed E-state index contributed by atoms with van der Waals surface area (Å²) in [7, 11) is 0. The maximum atomic E-state index is 12.8. The highest BCUT2D eigenvalue weighted by atomic mass is 35.5. The van der Waals surface area contributed by atoms with E-state index in [1.165, 1.54) is 0 Å². The van der Waals surface area contributed by atoms with Crippen LogP contribution in [0.3, 0.4) is 0 Å². The van der Waals surface area contributed by atoms with Gasteiger partial charge < -0.3 is 19.7 Å². The molecule has 160 valence electrons. The van der Waals surface area contributed by atoms with E-state index < -0.39 is 0 Å². The second kappa shape index (κ2) is 9.85. The molecule has 2 aromatic rings. The number of nitrogens with zero attached hydrogens (tertiary/aromatic N) is 1. The van der Waals surface area contributed by atoms with Crippen molar-refractivity contribution in [2.75, 3.05) is 31.6 Å². The van der Waals surface area contributed by atoms with Crippen LogP contribution in [0.15, 0.2) is 36.4 Å². The van der Waals surface area contributed by atoms with Crippen molar-refractivity contribution in [3.8, 4) is 11.5 Å². The van der Waals surface area contributed by atoms with E-state index in [0.717, 1.165) is 5.56 Å². The van der Waals surface area contributed by atoms with Gasteiger partial charge in [-0.15, -0.1) is 0 Å². The average Bonchev–Trinajstić information content (AvgIpc) is 2.74. The summed E-state index contributed by atoms with van der Waals surface area (Å²) in [6, 6.07) is 10.7. The number of ether oxygens (including phenoxy) is 2. The van der Waals surface area contributed by atoms with E-state index in [1.807, 2.05) is 39.0 Å². The molecule has 0 radical (unpaired) electrons. The van der Waals surface area contributed by atoms with Crippen molar-refractivity contribution in [1.82, 2.24) is 4.90 Å². The highest BCUT2D eigenvalue weighted by Crippen LogP contribution is 2.36. The number of benzene rings is 2. The van der Waals surface area contributed by atoms with Crippen LogP contribution >= 0.6 is 11.6 Å². The quantitative estimate of drug-likeness (QED) is 0.706. The number of fused-ring (bicyclic) bond motifs is 1. The number of rotatable bonds is 7. The number of carbonyl (C=O) groups is 2. The Morgan fingerprint density at radius 1 is 1.20 bits per heavy atom. The second-order valence-corrected chi connectivity index (χ2v) is 7.46. The van der Waals surface area contributed by atoms with Crippen LogP contribution in [-0.2, 0) is 11.2 Å². The fourth-order valence-electron chi connectivity index (χ4n) is 3.52. The number of hydrogen-bond acceptors (Lipinski definition) is 4. The van der Waals surface area contributed by atoms with Crippen molar-refractivity contribution in [2.24, 2.45) is 5.92 Å². The molecule has 0 saturated heterocycles. The Hall–Kier alpha value is -2.73. The lowest BCUT2D eigenvalue weighted by Crippen LogP contribution is -2.33. The Labute approximate surface area is 182 Å². The smallest absolute Gasteiger partial charge is 0.255 e. The highest BCUT2D eigenvalue weighted by molar-refractivity contribution is 6.34. The monoisotopic (exact) mass is 430 g/mol. The summed E-state index contributed by atoms with van der Waals surface area (Å²) in [6.07, 6.45) is 0.564. The van der Waals surface area contributed by atoms with Crippen LogP contribution in [0, 0.1) is 5.92 Å². The molecule has 0 aromatic heterocycles. The van der Waals surface area contributed by atoms with Crippen LogP contribution in [0.1, 0.15) is 36.7 Å². The molecule has 1 atom stereocenters. The predicted molar refractivity (Wildman–Crippen MR) is 118 cm³/mol. The largest absolute Gasteiger partial charge is 0.490 e. The minimum atomic E-state index is -0.329. The van der Waals surface area contributed by atoms with Gasteiger partial charge in [-0.25, -0.2) is 0 Å². The number of halogens is 1. The van der Waals surface area contributed by atoms with Crippen molar-refractivity contribution in [1.29, 1.82) is 0 Å². The van der Waals surface area contributed by atoms with E-state index in [1.54, 1.807) is 23.1 Å². The highest BCUT2D eigenvalue weighted by Gasteiger charge is 2.28. The topological polar surface area (TPSA) is 67.9 Å². The summed E-state index contributed by atoms with van der Waals surface area (Å²) in [4.78, 5) is 27.0. The van der Waals surface area contributed by atoms with Gasteiger partial charge in [0.2, 0.25) is 5.91 Å². The zero-order valence-electron chi connectivity index (χ0n) is 17.5. The normalized spacial score (nSPS) is 15.0. The predicted octanol–water partition coefficient (Wildman–Crippen LogP) is 4.41. The van der Waals surface area contributed by atoms with Gasteiger partial charge in [0.15, 0.2) is 11.5 Å². The molecule has 3 rings (SSSR count). The van der Waals surface area contributed by atoms with E-state index in [9.17, 15) is 9.59 Å². The number of anilines is 1. The first kappa shape index (κ1) is 22.0. The van der Waals surface area contributed by atoms with Gasteiger partial charge in [-0.1, -0.05) is 23.7 Å². The average molecular weight is 431 g/mol. The van der Waals surface area contributed by atoms with Crippen molar-refractivity contribution in [2.45, 2.75) is 27.2 Å². The summed E-state index contributed by atoms with van der Waals surface area (Å²) in [5.74, 6) is 0.816. The third kappa shape index (κ3) is 4.70. The van der Waals surface area contributed by atoms with E-state index >= 15 is 0 Å². The Balaban J connectivity index is 1.69. The van der Waals surface area contributed by atoms with Crippen LogP contribution in [0.4, 0.5) is 5.69 Å². The standard InChI is InChI=1S/C23H27ClN2O4/c1-4-26(5-2)23(28)18-11-10-17(13-19(18)24)25-22(27)16-12-15-8-7-9-20(29-6-3)21(15)30-14-16/h7-11,13,16H,4-6,12,14H2,1-3H3,(H,25,27). The molecule has 1 aliphatic heterocycles. The molecule has 1 aliphatic rings. The molecule has 30 heavy (non-hydrogen) atoms. The summed E-state index contributed by atoms with van der Waals surface area (Å²) in [5.41, 5.74) is 1.93. The van der Waals surface area contributed by atoms with Crippen molar-refractivity contribution in [3.63, 3.8) is 0 Å². The summed E-state index contributed by atoms with van der Waals surface area (Å²) in [5, 5.41) is 3.20. The van der Waals surface area contributed by atoms with Crippen LogP contribution in [0.25, 0.3) is 0 Å². The Kier molecular flexibility index (Phi) is 7.21. The van der Waals surface area contributed by atoms with Gasteiger partial charge in [-0.05, 0) is 57.0 Å². The van der Waals surface area contributed by atoms with Crippen molar-refractivity contribution >= 4 is 29.1 Å². The molecule has 0 fully saturated rings. The van der Waals surface area contributed by atoms with Crippen LogP contribution in [-0.4, -0.2) is 43.0 Å².